The molecular weight excluding hydrogens is 513 g/mol. The molecule has 21 heavy (non-hydrogen) atoms. The summed E-state index contributed by atoms with van der Waals surface area (Å²) in [5, 5.41) is 12.5. The van der Waals surface area contributed by atoms with Gasteiger partial charge in [-0.15, -0.1) is 0 Å². The molecule has 0 atom stereocenters. The van der Waals surface area contributed by atoms with Crippen molar-refractivity contribution < 1.29 is 9.90 Å². The minimum atomic E-state index is -0.122. The van der Waals surface area contributed by atoms with Gasteiger partial charge in [-0.3, -0.25) is 4.79 Å². The van der Waals surface area contributed by atoms with Gasteiger partial charge in [0.25, 0.3) is 5.91 Å². The van der Waals surface area contributed by atoms with E-state index in [1.807, 2.05) is 24.3 Å². The van der Waals surface area contributed by atoms with E-state index in [0.29, 0.717) is 14.5 Å². The van der Waals surface area contributed by atoms with Crippen molar-refractivity contribution >= 4 is 77.7 Å². The summed E-state index contributed by atoms with van der Waals surface area (Å²) in [5.41, 5.74) is 3.14. The van der Waals surface area contributed by atoms with Crippen LogP contribution < -0.4 is 5.32 Å². The van der Waals surface area contributed by atoms with Crippen molar-refractivity contribution in [2.45, 2.75) is 0 Å². The standard InChI is InChI=1S/C15H8Br2INO2/c16-13-7(1-4-12(20)14(13)17)5-10-9-6-8(18)2-3-11(9)19-15(10)21/h1-6,20H,(H,19,21)/b10-5-. The van der Waals surface area contributed by atoms with Crippen LogP contribution in [-0.2, 0) is 4.79 Å². The number of nitrogens with one attached hydrogen (secondary N) is 1. The number of halogens is 3. The minimum absolute atomic E-state index is 0.122. The van der Waals surface area contributed by atoms with Crippen LogP contribution in [0, 0.1) is 3.57 Å². The topological polar surface area (TPSA) is 49.3 Å². The molecule has 1 amide bonds. The van der Waals surface area contributed by atoms with Crippen molar-refractivity contribution in [1.82, 2.24) is 0 Å². The second-order valence-electron chi connectivity index (χ2n) is 4.50. The number of hydrogen-bond donors (Lipinski definition) is 2. The summed E-state index contributed by atoms with van der Waals surface area (Å²) in [6, 6.07) is 9.18. The highest BCUT2D eigenvalue weighted by Gasteiger charge is 2.24. The highest BCUT2D eigenvalue weighted by atomic mass is 127. The number of fused-ring (bicyclic) bond motifs is 1. The van der Waals surface area contributed by atoms with Crippen molar-refractivity contribution in [2.24, 2.45) is 0 Å². The molecule has 3 nitrogen and oxygen atoms in total. The van der Waals surface area contributed by atoms with Gasteiger partial charge in [-0.05, 0) is 90.4 Å². The molecule has 106 valence electrons. The van der Waals surface area contributed by atoms with Crippen molar-refractivity contribution in [3.05, 3.63) is 54.0 Å². The monoisotopic (exact) mass is 519 g/mol. The number of carbonyl (C=O) groups excluding carboxylic acids is 1. The number of phenolic OH excluding ortho intramolecular Hbond substituents is 1. The van der Waals surface area contributed by atoms with Crippen LogP contribution in [0.4, 0.5) is 5.69 Å². The van der Waals surface area contributed by atoms with E-state index >= 15 is 0 Å². The molecule has 3 rings (SSSR count). The third-order valence-electron chi connectivity index (χ3n) is 3.16. The highest BCUT2D eigenvalue weighted by molar-refractivity contribution is 14.1. The molecule has 2 aromatic rings. The van der Waals surface area contributed by atoms with E-state index < -0.39 is 0 Å². The molecule has 1 aliphatic rings. The average Bonchev–Trinajstić information content (AvgIpc) is 2.75. The first kappa shape index (κ1) is 15.1. The van der Waals surface area contributed by atoms with E-state index in [1.165, 1.54) is 0 Å². The molecular formula is C15H8Br2INO2. The first-order valence-corrected chi connectivity index (χ1v) is 8.64. The second-order valence-corrected chi connectivity index (χ2v) is 7.34. The SMILES string of the molecule is O=C1Nc2ccc(I)cc2/C1=C/c1ccc(O)c(Br)c1Br. The van der Waals surface area contributed by atoms with E-state index in [2.05, 4.69) is 59.8 Å². The van der Waals surface area contributed by atoms with Crippen LogP contribution in [-0.4, -0.2) is 11.0 Å². The normalized spacial score (nSPS) is 15.2. The number of hydrogen-bond acceptors (Lipinski definition) is 2. The molecule has 0 radical (unpaired) electrons. The predicted octanol–water partition coefficient (Wildman–Crippen LogP) is 5.01. The zero-order valence-electron chi connectivity index (χ0n) is 10.5. The molecule has 2 aromatic carbocycles. The Bertz CT molecular complexity index is 803. The average molecular weight is 521 g/mol. The molecule has 1 heterocycles. The Morgan fingerprint density at radius 1 is 1.14 bits per heavy atom. The third kappa shape index (κ3) is 2.76. The number of anilines is 1. The van der Waals surface area contributed by atoms with Gasteiger partial charge in [0.15, 0.2) is 0 Å². The van der Waals surface area contributed by atoms with Crippen LogP contribution in [0.1, 0.15) is 11.1 Å². The lowest BCUT2D eigenvalue weighted by Crippen LogP contribution is -2.03. The fourth-order valence-electron chi connectivity index (χ4n) is 2.12. The van der Waals surface area contributed by atoms with Crippen molar-refractivity contribution in [3.63, 3.8) is 0 Å². The number of rotatable bonds is 1. The second kappa shape index (κ2) is 5.73. The molecule has 0 aromatic heterocycles. The lowest BCUT2D eigenvalue weighted by Gasteiger charge is -2.05. The van der Waals surface area contributed by atoms with Gasteiger partial charge in [0, 0.05) is 24.9 Å². The summed E-state index contributed by atoms with van der Waals surface area (Å²) >= 11 is 8.96. The lowest BCUT2D eigenvalue weighted by molar-refractivity contribution is -0.110. The van der Waals surface area contributed by atoms with Crippen LogP contribution >= 0.6 is 54.5 Å². The summed E-state index contributed by atoms with van der Waals surface area (Å²) in [6.07, 6.45) is 1.81. The zero-order chi connectivity index (χ0) is 15.1. The van der Waals surface area contributed by atoms with E-state index in [0.717, 1.165) is 20.4 Å². The summed E-state index contributed by atoms with van der Waals surface area (Å²) in [6.45, 7) is 0. The van der Waals surface area contributed by atoms with Crippen LogP contribution in [0.15, 0.2) is 39.3 Å². The summed E-state index contributed by atoms with van der Waals surface area (Å²) < 4.78 is 2.35. The smallest absolute Gasteiger partial charge is 0.256 e. The maximum Gasteiger partial charge on any atom is 0.256 e. The molecule has 0 aliphatic carbocycles. The molecule has 1 aliphatic heterocycles. The number of amides is 1. The van der Waals surface area contributed by atoms with Gasteiger partial charge >= 0.3 is 0 Å². The number of carbonyl (C=O) groups is 1. The molecule has 0 bridgehead atoms. The molecule has 0 fully saturated rings. The molecule has 0 saturated heterocycles. The fraction of sp³-hybridized carbons (Fsp3) is 0. The van der Waals surface area contributed by atoms with Crippen LogP contribution in [0.25, 0.3) is 11.6 Å². The third-order valence-corrected chi connectivity index (χ3v) is 6.02. The lowest BCUT2D eigenvalue weighted by atomic mass is 10.0. The summed E-state index contributed by atoms with van der Waals surface area (Å²) in [7, 11) is 0. The Balaban J connectivity index is 2.15. The van der Waals surface area contributed by atoms with Gasteiger partial charge < -0.3 is 10.4 Å². The van der Waals surface area contributed by atoms with E-state index in [9.17, 15) is 9.90 Å². The first-order chi connectivity index (χ1) is 9.97. The Morgan fingerprint density at radius 3 is 2.67 bits per heavy atom. The zero-order valence-corrected chi connectivity index (χ0v) is 15.8. The van der Waals surface area contributed by atoms with Crippen LogP contribution in [0.3, 0.4) is 0 Å². The van der Waals surface area contributed by atoms with Crippen molar-refractivity contribution in [3.8, 4) is 5.75 Å². The number of aromatic hydroxyl groups is 1. The maximum absolute atomic E-state index is 12.2. The van der Waals surface area contributed by atoms with Gasteiger partial charge in [0.2, 0.25) is 0 Å². The van der Waals surface area contributed by atoms with Gasteiger partial charge in [-0.2, -0.15) is 0 Å². The first-order valence-electron chi connectivity index (χ1n) is 5.97. The van der Waals surface area contributed by atoms with Crippen molar-refractivity contribution in [2.75, 3.05) is 5.32 Å². The van der Waals surface area contributed by atoms with Gasteiger partial charge in [-0.1, -0.05) is 6.07 Å². The van der Waals surface area contributed by atoms with Gasteiger partial charge in [0.05, 0.1) is 4.47 Å². The van der Waals surface area contributed by atoms with E-state index in [-0.39, 0.29) is 11.7 Å². The largest absolute Gasteiger partial charge is 0.507 e. The van der Waals surface area contributed by atoms with E-state index in [1.54, 1.807) is 12.1 Å². The number of benzene rings is 2. The quantitative estimate of drug-likeness (QED) is 0.410. The van der Waals surface area contributed by atoms with Crippen LogP contribution in [0.5, 0.6) is 5.75 Å². The predicted molar refractivity (Wildman–Crippen MR) is 99.2 cm³/mol. The highest BCUT2D eigenvalue weighted by Crippen LogP contribution is 2.38. The Hall–Kier alpha value is -0.860. The number of phenols is 1. The summed E-state index contributed by atoms with van der Waals surface area (Å²) in [4.78, 5) is 12.2. The molecule has 2 N–H and O–H groups in total. The van der Waals surface area contributed by atoms with Crippen LogP contribution in [0.2, 0.25) is 0 Å². The molecule has 0 spiro atoms. The Labute approximate surface area is 151 Å². The molecule has 0 unspecified atom stereocenters. The fourth-order valence-corrected chi connectivity index (χ4v) is 3.43. The molecule has 0 saturated carbocycles. The minimum Gasteiger partial charge on any atom is -0.507 e. The Kier molecular flexibility index (Phi) is 4.11. The Morgan fingerprint density at radius 2 is 1.90 bits per heavy atom. The van der Waals surface area contributed by atoms with Gasteiger partial charge in [0.1, 0.15) is 5.75 Å². The summed E-state index contributed by atoms with van der Waals surface area (Å²) in [5.74, 6) is 0.0259. The van der Waals surface area contributed by atoms with E-state index in [4.69, 9.17) is 0 Å². The van der Waals surface area contributed by atoms with Gasteiger partial charge in [-0.25, -0.2) is 0 Å². The molecule has 6 heteroatoms. The van der Waals surface area contributed by atoms with Crippen molar-refractivity contribution in [1.29, 1.82) is 0 Å². The maximum atomic E-state index is 12.2.